The summed E-state index contributed by atoms with van der Waals surface area (Å²) in [7, 11) is 0. The largest absolute Gasteiger partial charge is 4.00 e. The first-order chi connectivity index (χ1) is 30.7. The van der Waals surface area contributed by atoms with Gasteiger partial charge in [-0.1, -0.05) is 175 Å². The van der Waals surface area contributed by atoms with Crippen molar-refractivity contribution < 1.29 is 25.8 Å². The first-order valence-corrected chi connectivity index (χ1v) is 20.9. The average Bonchev–Trinajstić information content (AvgIpc) is 3.87. The van der Waals surface area contributed by atoms with Crippen molar-refractivity contribution in [1.82, 2.24) is 4.57 Å². The molecule has 2 heterocycles. The fourth-order valence-electron chi connectivity index (χ4n) is 8.68. The third-order valence-electron chi connectivity index (χ3n) is 11.6. The maximum Gasteiger partial charge on any atom is 4.00 e. The Morgan fingerprint density at radius 2 is 1.10 bits per heavy atom. The van der Waals surface area contributed by atoms with Gasteiger partial charge < -0.3 is 24.4 Å². The van der Waals surface area contributed by atoms with E-state index in [-0.39, 0.29) is 21.1 Å². The Bertz CT molecular complexity index is 3160. The van der Waals surface area contributed by atoms with Gasteiger partial charge in [0.15, 0.2) is 0 Å². The molecular weight excluding hydrogens is 952 g/mol. The Labute approximate surface area is 382 Å². The predicted molar refractivity (Wildman–Crippen MR) is 256 cm³/mol. The summed E-state index contributed by atoms with van der Waals surface area (Å²) in [6.07, 6.45) is 0. The minimum atomic E-state index is 0. The molecule has 0 saturated carbocycles. The molecule has 0 radical (unpaired) electrons. The minimum absolute atomic E-state index is 0. The van der Waals surface area contributed by atoms with Crippen molar-refractivity contribution in [2.24, 2.45) is 0 Å². The van der Waals surface area contributed by atoms with Crippen LogP contribution in [0.5, 0.6) is 11.5 Å². The van der Waals surface area contributed by atoms with Crippen LogP contribution in [0, 0.1) is 25.7 Å². The molecule has 5 nitrogen and oxygen atoms in total. The van der Waals surface area contributed by atoms with Gasteiger partial charge in [0.05, 0.1) is 0 Å². The van der Waals surface area contributed by atoms with Crippen LogP contribution in [0.2, 0.25) is 0 Å². The smallest absolute Gasteiger partial charge is 0.667 e. The van der Waals surface area contributed by atoms with Crippen molar-refractivity contribution in [2.45, 2.75) is 13.6 Å². The van der Waals surface area contributed by atoms with Gasteiger partial charge >= 0.3 is 21.1 Å². The van der Waals surface area contributed by atoms with Gasteiger partial charge in [0.25, 0.3) is 0 Å². The van der Waals surface area contributed by atoms with E-state index in [1.165, 1.54) is 5.56 Å². The molecule has 0 amide bonds. The summed E-state index contributed by atoms with van der Waals surface area (Å²) in [5, 5.41) is 7.46. The molecule has 0 N–H and O–H groups in total. The Morgan fingerprint density at radius 1 is 0.508 bits per heavy atom. The average molecular weight is 992 g/mol. The molecule has 6 heteroatoms. The monoisotopic (exact) mass is 991 g/mol. The number of aryl methyl sites for hydroxylation is 1. The topological polar surface area (TPSA) is 34.7 Å². The van der Waals surface area contributed by atoms with Crippen molar-refractivity contribution >= 4 is 50.2 Å². The summed E-state index contributed by atoms with van der Waals surface area (Å²) in [6, 6.07) is 79.1. The quantitative estimate of drug-likeness (QED) is 0.128. The molecule has 1 aliphatic rings. The number of rotatable bonds is 10. The number of aromatic nitrogens is 1. The number of fused-ring (bicyclic) bond motifs is 4. The van der Waals surface area contributed by atoms with E-state index in [0.29, 0.717) is 18.2 Å². The molecule has 304 valence electrons. The fraction of sp³-hybridized carbons (Fsp3) is 0.0351. The van der Waals surface area contributed by atoms with Gasteiger partial charge in [-0.3, -0.25) is 0 Å². The summed E-state index contributed by atoms with van der Waals surface area (Å²) in [5.74, 6) is 1.20. The standard InChI is InChI=1S/C57H40N4O.Pt/c1-40-31-34-52(51(35-40)43-21-9-4-10-22-43)58-38-59-53-28-12-11-25-49(53)50-33-32-46(37-56(50)59)62-45-24-15-23-44(36-45)60-39-61(55-30-14-13-29-54(55)60)57-47(41-17-5-2-6-18-41)26-16-27-48(57)42-19-7-3-8-20-42;/h2-35,39H,38H2,1H3;/q-4;+4. The van der Waals surface area contributed by atoms with E-state index < -0.39 is 0 Å². The second-order valence-corrected chi connectivity index (χ2v) is 15.5. The van der Waals surface area contributed by atoms with E-state index in [4.69, 9.17) is 10.1 Å². The zero-order valence-corrected chi connectivity index (χ0v) is 36.7. The van der Waals surface area contributed by atoms with Crippen LogP contribution in [0.4, 0.5) is 28.4 Å². The third-order valence-corrected chi connectivity index (χ3v) is 11.6. The SMILES string of the molecule is Cc1ccc([N-]Cn2c3[c-]c(Oc4[c-]c(N5[CH-]N(c6c(-c7ccccc7)cccc6-c6ccccc6)c6ccccc65)ccc4)ccc3c3ccccc32)c(-c2ccccc2)c1.[Pt+4]. The van der Waals surface area contributed by atoms with Crippen LogP contribution in [0.15, 0.2) is 206 Å². The van der Waals surface area contributed by atoms with Gasteiger partial charge in [0.1, 0.15) is 0 Å². The molecule has 63 heavy (non-hydrogen) atoms. The normalized spacial score (nSPS) is 12.0. The number of para-hydroxylation sites is 4. The van der Waals surface area contributed by atoms with Crippen molar-refractivity contribution in [3.63, 3.8) is 0 Å². The van der Waals surface area contributed by atoms with Gasteiger partial charge in [-0.2, -0.15) is 12.1 Å². The second-order valence-electron chi connectivity index (χ2n) is 15.5. The molecule has 1 aliphatic heterocycles. The fourth-order valence-corrected chi connectivity index (χ4v) is 8.68. The Hall–Kier alpha value is -7.33. The molecule has 10 aromatic rings. The summed E-state index contributed by atoms with van der Waals surface area (Å²) >= 11 is 0. The molecule has 0 aliphatic carbocycles. The Kier molecular flexibility index (Phi) is 10.9. The number of hydrogen-bond acceptors (Lipinski definition) is 3. The van der Waals surface area contributed by atoms with Crippen molar-refractivity contribution in [1.29, 1.82) is 0 Å². The maximum absolute atomic E-state index is 6.63. The van der Waals surface area contributed by atoms with E-state index in [0.717, 1.165) is 83.6 Å². The maximum atomic E-state index is 6.63. The molecule has 0 bridgehead atoms. The first-order valence-electron chi connectivity index (χ1n) is 20.9. The number of nitrogens with zero attached hydrogens (tertiary/aromatic N) is 4. The van der Waals surface area contributed by atoms with E-state index >= 15 is 0 Å². The van der Waals surface area contributed by atoms with E-state index in [1.54, 1.807) is 0 Å². The molecule has 9 aromatic carbocycles. The molecule has 0 spiro atoms. The molecule has 0 atom stereocenters. The Morgan fingerprint density at radius 3 is 1.79 bits per heavy atom. The number of anilines is 4. The summed E-state index contributed by atoms with van der Waals surface area (Å²) in [5.41, 5.74) is 15.1. The van der Waals surface area contributed by atoms with Gasteiger partial charge in [-0.25, -0.2) is 0 Å². The third kappa shape index (κ3) is 7.56. The van der Waals surface area contributed by atoms with Crippen LogP contribution >= 0.6 is 0 Å². The summed E-state index contributed by atoms with van der Waals surface area (Å²) in [4.78, 5) is 4.51. The van der Waals surface area contributed by atoms with Crippen molar-refractivity contribution in [3.8, 4) is 44.9 Å². The van der Waals surface area contributed by atoms with Gasteiger partial charge in [-0.05, 0) is 52.8 Å². The molecular formula is C57H40N4OPt. The van der Waals surface area contributed by atoms with Gasteiger partial charge in [-0.15, -0.1) is 53.8 Å². The number of hydrogen-bond donors (Lipinski definition) is 0. The Balaban J connectivity index is 0.00000471. The zero-order valence-electron chi connectivity index (χ0n) is 34.4. The first kappa shape index (κ1) is 39.8. The molecule has 1 aromatic heterocycles. The van der Waals surface area contributed by atoms with E-state index in [9.17, 15) is 0 Å². The number of ether oxygens (including phenoxy) is 1. The van der Waals surface area contributed by atoms with Crippen LogP contribution in [0.25, 0.3) is 60.5 Å². The number of benzene rings is 9. The van der Waals surface area contributed by atoms with Crippen molar-refractivity contribution in [2.75, 3.05) is 9.80 Å². The zero-order chi connectivity index (χ0) is 41.4. The molecule has 0 unspecified atom stereocenters. The van der Waals surface area contributed by atoms with Crippen LogP contribution in [-0.4, -0.2) is 4.57 Å². The van der Waals surface area contributed by atoms with Crippen molar-refractivity contribution in [3.05, 3.63) is 236 Å². The predicted octanol–water partition coefficient (Wildman–Crippen LogP) is 15.6. The summed E-state index contributed by atoms with van der Waals surface area (Å²) in [6.45, 7) is 4.72. The van der Waals surface area contributed by atoms with Gasteiger partial charge in [0, 0.05) is 45.2 Å². The van der Waals surface area contributed by atoms with Crippen LogP contribution in [0.1, 0.15) is 5.56 Å². The minimum Gasteiger partial charge on any atom is -0.667 e. The van der Waals surface area contributed by atoms with E-state index in [1.807, 2.05) is 24.3 Å². The molecule has 0 fully saturated rings. The van der Waals surface area contributed by atoms with Crippen LogP contribution in [-0.2, 0) is 27.7 Å². The van der Waals surface area contributed by atoms with Crippen LogP contribution in [0.3, 0.4) is 0 Å². The summed E-state index contributed by atoms with van der Waals surface area (Å²) < 4.78 is 8.86. The van der Waals surface area contributed by atoms with Gasteiger partial charge in [0.2, 0.25) is 0 Å². The second kappa shape index (κ2) is 17.2. The molecule has 0 saturated heterocycles. The van der Waals surface area contributed by atoms with E-state index in [2.05, 4.69) is 222 Å². The van der Waals surface area contributed by atoms with Crippen LogP contribution < -0.4 is 14.5 Å². The molecule has 11 rings (SSSR count).